The number of nitrogens with one attached hydrogen (secondary N) is 2. The van der Waals surface area contributed by atoms with Gasteiger partial charge in [-0.25, -0.2) is 9.18 Å². The number of rotatable bonds is 4. The number of anilines is 1. The van der Waals surface area contributed by atoms with Crippen LogP contribution in [0.15, 0.2) is 24.3 Å². The first-order valence-electron chi connectivity index (χ1n) is 7.06. The molecule has 1 heterocycles. The molecule has 1 atom stereocenters. The second-order valence-electron chi connectivity index (χ2n) is 6.02. The Morgan fingerprint density at radius 1 is 1.41 bits per heavy atom. The van der Waals surface area contributed by atoms with Gasteiger partial charge in [0.15, 0.2) is 0 Å². The average Bonchev–Trinajstić information content (AvgIpc) is 2.79. The molecule has 0 saturated carbocycles. The van der Waals surface area contributed by atoms with Gasteiger partial charge < -0.3 is 20.6 Å². The molecule has 120 valence electrons. The van der Waals surface area contributed by atoms with Crippen LogP contribution in [-0.2, 0) is 4.79 Å². The molecule has 2 rings (SSSR count). The summed E-state index contributed by atoms with van der Waals surface area (Å²) in [7, 11) is 0. The van der Waals surface area contributed by atoms with Crippen molar-refractivity contribution < 1.29 is 19.1 Å². The Labute approximate surface area is 128 Å². The number of hydrogen-bond donors (Lipinski definition) is 3. The fourth-order valence-electron chi connectivity index (χ4n) is 2.24. The van der Waals surface area contributed by atoms with Crippen molar-refractivity contribution in [1.82, 2.24) is 10.6 Å². The molecule has 1 aromatic carbocycles. The lowest BCUT2D eigenvalue weighted by molar-refractivity contribution is -0.117. The van der Waals surface area contributed by atoms with Gasteiger partial charge in [0.1, 0.15) is 5.82 Å². The fourth-order valence-corrected chi connectivity index (χ4v) is 2.24. The van der Waals surface area contributed by atoms with Crippen LogP contribution in [0.1, 0.15) is 20.3 Å². The molecular formula is C15H20FN3O3. The van der Waals surface area contributed by atoms with Crippen molar-refractivity contribution in [2.45, 2.75) is 31.8 Å². The SMILES string of the molecule is CC(C)(CO)NC(=O)NC1CC(=O)N(c2ccc(F)cc2)C1. The quantitative estimate of drug-likeness (QED) is 0.776. The standard InChI is InChI=1S/C15H20FN3O3/c1-15(2,9-20)18-14(22)17-11-7-13(21)19(8-11)12-5-3-10(16)4-6-12/h3-6,11,20H,7-9H2,1-2H3,(H2,17,18,22). The minimum Gasteiger partial charge on any atom is -0.394 e. The maximum atomic E-state index is 12.9. The Morgan fingerprint density at radius 2 is 2.05 bits per heavy atom. The van der Waals surface area contributed by atoms with E-state index in [0.717, 1.165) is 0 Å². The maximum Gasteiger partial charge on any atom is 0.315 e. The molecule has 3 N–H and O–H groups in total. The zero-order chi connectivity index (χ0) is 16.3. The highest BCUT2D eigenvalue weighted by molar-refractivity contribution is 5.96. The fraction of sp³-hybridized carbons (Fsp3) is 0.467. The maximum absolute atomic E-state index is 12.9. The predicted molar refractivity (Wildman–Crippen MR) is 80.0 cm³/mol. The minimum atomic E-state index is -0.733. The van der Waals surface area contributed by atoms with E-state index in [9.17, 15) is 14.0 Å². The van der Waals surface area contributed by atoms with Gasteiger partial charge in [-0.3, -0.25) is 4.79 Å². The number of hydrogen-bond acceptors (Lipinski definition) is 3. The number of carbonyl (C=O) groups is 2. The van der Waals surface area contributed by atoms with Gasteiger partial charge in [-0.2, -0.15) is 0 Å². The lowest BCUT2D eigenvalue weighted by Gasteiger charge is -2.25. The first-order chi connectivity index (χ1) is 10.3. The summed E-state index contributed by atoms with van der Waals surface area (Å²) in [4.78, 5) is 25.4. The van der Waals surface area contributed by atoms with E-state index in [1.807, 2.05) is 0 Å². The van der Waals surface area contributed by atoms with E-state index in [-0.39, 0.29) is 30.8 Å². The molecule has 0 radical (unpaired) electrons. The first kappa shape index (κ1) is 16.2. The molecule has 22 heavy (non-hydrogen) atoms. The summed E-state index contributed by atoms with van der Waals surface area (Å²) in [5.74, 6) is -0.492. The second-order valence-corrected chi connectivity index (χ2v) is 6.02. The van der Waals surface area contributed by atoms with Crippen LogP contribution in [0.2, 0.25) is 0 Å². The van der Waals surface area contributed by atoms with Crippen molar-refractivity contribution in [1.29, 1.82) is 0 Å². The van der Waals surface area contributed by atoms with Crippen LogP contribution in [0.4, 0.5) is 14.9 Å². The number of benzene rings is 1. The molecule has 1 fully saturated rings. The summed E-state index contributed by atoms with van der Waals surface area (Å²) < 4.78 is 12.9. The van der Waals surface area contributed by atoms with E-state index in [2.05, 4.69) is 10.6 Å². The predicted octanol–water partition coefficient (Wildman–Crippen LogP) is 1.00. The van der Waals surface area contributed by atoms with Gasteiger partial charge in [-0.1, -0.05) is 0 Å². The Bertz CT molecular complexity index is 560. The van der Waals surface area contributed by atoms with Crippen molar-refractivity contribution in [2.75, 3.05) is 18.1 Å². The van der Waals surface area contributed by atoms with Crippen molar-refractivity contribution in [3.8, 4) is 0 Å². The van der Waals surface area contributed by atoms with Gasteiger partial charge in [0.05, 0.1) is 18.2 Å². The van der Waals surface area contributed by atoms with Crippen LogP contribution >= 0.6 is 0 Å². The number of nitrogens with zero attached hydrogens (tertiary/aromatic N) is 1. The summed E-state index contributed by atoms with van der Waals surface area (Å²) >= 11 is 0. The van der Waals surface area contributed by atoms with E-state index in [0.29, 0.717) is 12.2 Å². The largest absolute Gasteiger partial charge is 0.394 e. The van der Waals surface area contributed by atoms with Crippen LogP contribution in [0.3, 0.4) is 0 Å². The Kier molecular flexibility index (Phi) is 4.65. The average molecular weight is 309 g/mol. The number of aliphatic hydroxyl groups is 1. The molecule has 0 bridgehead atoms. The van der Waals surface area contributed by atoms with Crippen molar-refractivity contribution in [2.24, 2.45) is 0 Å². The van der Waals surface area contributed by atoms with Crippen LogP contribution in [0.5, 0.6) is 0 Å². The molecule has 1 aliphatic rings. The van der Waals surface area contributed by atoms with Gasteiger partial charge in [-0.15, -0.1) is 0 Å². The third-order valence-corrected chi connectivity index (χ3v) is 3.45. The van der Waals surface area contributed by atoms with Crippen molar-refractivity contribution in [3.63, 3.8) is 0 Å². The summed E-state index contributed by atoms with van der Waals surface area (Å²) in [6.07, 6.45) is 0.185. The highest BCUT2D eigenvalue weighted by atomic mass is 19.1. The summed E-state index contributed by atoms with van der Waals surface area (Å²) in [6.45, 7) is 3.53. The number of amides is 3. The third-order valence-electron chi connectivity index (χ3n) is 3.45. The van der Waals surface area contributed by atoms with E-state index >= 15 is 0 Å². The number of carbonyl (C=O) groups excluding carboxylic acids is 2. The molecule has 0 spiro atoms. The lowest BCUT2D eigenvalue weighted by Crippen LogP contribution is -2.53. The van der Waals surface area contributed by atoms with Crippen LogP contribution < -0.4 is 15.5 Å². The lowest BCUT2D eigenvalue weighted by atomic mass is 10.1. The topological polar surface area (TPSA) is 81.7 Å². The molecule has 0 aliphatic carbocycles. The van der Waals surface area contributed by atoms with Crippen LogP contribution in [0.25, 0.3) is 0 Å². The Balaban J connectivity index is 1.95. The number of halogens is 1. The van der Waals surface area contributed by atoms with Gasteiger partial charge in [0, 0.05) is 18.7 Å². The van der Waals surface area contributed by atoms with E-state index in [4.69, 9.17) is 5.11 Å². The molecule has 1 unspecified atom stereocenters. The van der Waals surface area contributed by atoms with E-state index < -0.39 is 11.6 Å². The first-order valence-corrected chi connectivity index (χ1v) is 7.06. The van der Waals surface area contributed by atoms with Gasteiger partial charge in [0.2, 0.25) is 5.91 Å². The second kappa shape index (κ2) is 6.31. The monoisotopic (exact) mass is 309 g/mol. The summed E-state index contributed by atoms with van der Waals surface area (Å²) in [5, 5.41) is 14.5. The molecule has 0 aromatic heterocycles. The molecule has 3 amide bonds. The zero-order valence-electron chi connectivity index (χ0n) is 12.6. The molecule has 6 nitrogen and oxygen atoms in total. The molecule has 1 aliphatic heterocycles. The Hall–Kier alpha value is -2.15. The van der Waals surface area contributed by atoms with E-state index in [1.165, 1.54) is 29.2 Å². The Morgan fingerprint density at radius 3 is 2.64 bits per heavy atom. The number of urea groups is 1. The molecule has 1 aromatic rings. The van der Waals surface area contributed by atoms with E-state index in [1.54, 1.807) is 13.8 Å². The number of aliphatic hydroxyl groups excluding tert-OH is 1. The summed E-state index contributed by atoms with van der Waals surface area (Å²) in [6, 6.07) is 4.89. The van der Waals surface area contributed by atoms with Crippen LogP contribution in [0, 0.1) is 5.82 Å². The van der Waals surface area contributed by atoms with Gasteiger partial charge in [0.25, 0.3) is 0 Å². The van der Waals surface area contributed by atoms with Crippen LogP contribution in [-0.4, -0.2) is 41.8 Å². The normalized spacial score (nSPS) is 18.5. The third kappa shape index (κ3) is 3.94. The highest BCUT2D eigenvalue weighted by Gasteiger charge is 2.32. The van der Waals surface area contributed by atoms with Crippen molar-refractivity contribution >= 4 is 17.6 Å². The zero-order valence-corrected chi connectivity index (χ0v) is 12.6. The van der Waals surface area contributed by atoms with Gasteiger partial charge in [-0.05, 0) is 38.1 Å². The van der Waals surface area contributed by atoms with Crippen molar-refractivity contribution in [3.05, 3.63) is 30.1 Å². The minimum absolute atomic E-state index is 0.127. The molecule has 7 heteroatoms. The van der Waals surface area contributed by atoms with Gasteiger partial charge >= 0.3 is 6.03 Å². The molecule has 1 saturated heterocycles. The highest BCUT2D eigenvalue weighted by Crippen LogP contribution is 2.21. The summed E-state index contributed by atoms with van der Waals surface area (Å²) in [5.41, 5.74) is -0.129. The smallest absolute Gasteiger partial charge is 0.315 e. The molecular weight excluding hydrogens is 289 g/mol.